The van der Waals surface area contributed by atoms with Crippen LogP contribution in [0.5, 0.6) is 5.75 Å². The molecule has 3 rings (SSSR count). The summed E-state index contributed by atoms with van der Waals surface area (Å²) >= 11 is 3.32. The Morgan fingerprint density at radius 3 is 2.38 bits per heavy atom. The third-order valence-corrected chi connectivity index (χ3v) is 5.22. The number of ether oxygens (including phenoxy) is 1. The number of esters is 1. The number of benzene rings is 3. The molecule has 8 nitrogen and oxygen atoms in total. The Morgan fingerprint density at radius 2 is 1.74 bits per heavy atom. The highest BCUT2D eigenvalue weighted by Gasteiger charge is 2.19. The van der Waals surface area contributed by atoms with Crippen molar-refractivity contribution in [1.29, 1.82) is 5.26 Å². The normalized spacial score (nSPS) is 10.8. The van der Waals surface area contributed by atoms with Gasteiger partial charge in [-0.25, -0.2) is 4.79 Å². The van der Waals surface area contributed by atoms with Crippen LogP contribution in [0.25, 0.3) is 6.08 Å². The second-order valence-corrected chi connectivity index (χ2v) is 8.26. The average molecular weight is 520 g/mol. The molecule has 0 unspecified atom stereocenters. The minimum absolute atomic E-state index is 0.0398. The predicted molar refractivity (Wildman–Crippen MR) is 130 cm³/mol. The second-order valence-electron chi connectivity index (χ2n) is 7.34. The van der Waals surface area contributed by atoms with Crippen molar-refractivity contribution in [3.63, 3.8) is 0 Å². The SMILES string of the molecule is Cc1ccc(C(=O)Oc2ccc(Br)cc2/C=C(\C#N)C(=O)Nc2ccc(C)cc2[N+](=O)[O-])cc1. The molecule has 0 aromatic heterocycles. The van der Waals surface area contributed by atoms with Crippen LogP contribution < -0.4 is 10.1 Å². The summed E-state index contributed by atoms with van der Waals surface area (Å²) in [5.74, 6) is -1.31. The first-order valence-corrected chi connectivity index (χ1v) is 10.7. The number of nitrogens with one attached hydrogen (secondary N) is 1. The molecule has 9 heteroatoms. The summed E-state index contributed by atoms with van der Waals surface area (Å²) in [4.78, 5) is 36.0. The predicted octanol–water partition coefficient (Wildman–Crippen LogP) is 5.74. The number of aryl methyl sites for hydroxylation is 2. The number of amides is 1. The van der Waals surface area contributed by atoms with E-state index in [0.29, 0.717) is 21.2 Å². The molecule has 3 aromatic carbocycles. The number of anilines is 1. The highest BCUT2D eigenvalue weighted by Crippen LogP contribution is 2.28. The fourth-order valence-corrected chi connectivity index (χ4v) is 3.34. The zero-order chi connectivity index (χ0) is 24.8. The van der Waals surface area contributed by atoms with Gasteiger partial charge in [0.15, 0.2) is 0 Å². The van der Waals surface area contributed by atoms with Crippen LogP contribution in [-0.4, -0.2) is 16.8 Å². The van der Waals surface area contributed by atoms with Gasteiger partial charge in [-0.3, -0.25) is 14.9 Å². The first-order chi connectivity index (χ1) is 16.2. The third-order valence-electron chi connectivity index (χ3n) is 4.72. The number of nitro benzene ring substituents is 1. The summed E-state index contributed by atoms with van der Waals surface area (Å²) in [6, 6.07) is 17.7. The number of halogens is 1. The van der Waals surface area contributed by atoms with E-state index in [1.165, 1.54) is 24.3 Å². The van der Waals surface area contributed by atoms with Crippen molar-refractivity contribution in [1.82, 2.24) is 0 Å². The first kappa shape index (κ1) is 24.4. The molecule has 0 aliphatic carbocycles. The smallest absolute Gasteiger partial charge is 0.343 e. The van der Waals surface area contributed by atoms with E-state index in [2.05, 4.69) is 21.2 Å². The largest absolute Gasteiger partial charge is 0.422 e. The maximum Gasteiger partial charge on any atom is 0.343 e. The van der Waals surface area contributed by atoms with Gasteiger partial charge in [0.2, 0.25) is 0 Å². The molecule has 3 aromatic rings. The van der Waals surface area contributed by atoms with Crippen molar-refractivity contribution in [3.05, 3.63) is 103 Å². The molecule has 0 aliphatic heterocycles. The Hall–Kier alpha value is -4.29. The summed E-state index contributed by atoms with van der Waals surface area (Å²) in [5.41, 5.74) is 1.61. The van der Waals surface area contributed by atoms with E-state index in [4.69, 9.17) is 4.74 Å². The van der Waals surface area contributed by atoms with Crippen LogP contribution >= 0.6 is 15.9 Å². The molecule has 34 heavy (non-hydrogen) atoms. The molecule has 0 bridgehead atoms. The highest BCUT2D eigenvalue weighted by molar-refractivity contribution is 9.10. The Kier molecular flexibility index (Phi) is 7.56. The maximum absolute atomic E-state index is 12.7. The van der Waals surface area contributed by atoms with Crippen LogP contribution in [-0.2, 0) is 4.79 Å². The molecule has 0 aliphatic rings. The van der Waals surface area contributed by atoms with Crippen LogP contribution in [0.2, 0.25) is 0 Å². The van der Waals surface area contributed by atoms with Gasteiger partial charge in [-0.15, -0.1) is 0 Å². The van der Waals surface area contributed by atoms with E-state index < -0.39 is 16.8 Å². The first-order valence-electron chi connectivity index (χ1n) is 9.94. The zero-order valence-electron chi connectivity index (χ0n) is 18.2. The van der Waals surface area contributed by atoms with Gasteiger partial charge in [0.25, 0.3) is 11.6 Å². The van der Waals surface area contributed by atoms with Gasteiger partial charge < -0.3 is 10.1 Å². The molecule has 0 saturated heterocycles. The Bertz CT molecular complexity index is 1360. The molecular weight excluding hydrogens is 502 g/mol. The van der Waals surface area contributed by atoms with E-state index in [1.807, 2.05) is 6.92 Å². The van der Waals surface area contributed by atoms with Gasteiger partial charge in [-0.05, 0) is 61.9 Å². The average Bonchev–Trinajstić information content (AvgIpc) is 2.80. The number of carbonyl (C=O) groups excluding carboxylic acids is 2. The van der Waals surface area contributed by atoms with Gasteiger partial charge in [-0.1, -0.05) is 39.7 Å². The molecule has 1 N–H and O–H groups in total. The summed E-state index contributed by atoms with van der Waals surface area (Å²) in [5, 5.41) is 23.3. The summed E-state index contributed by atoms with van der Waals surface area (Å²) in [6.07, 6.45) is 1.25. The molecule has 0 heterocycles. The Labute approximate surface area is 203 Å². The molecule has 0 spiro atoms. The van der Waals surface area contributed by atoms with Crippen molar-refractivity contribution in [2.75, 3.05) is 5.32 Å². The van der Waals surface area contributed by atoms with E-state index in [0.717, 1.165) is 5.56 Å². The van der Waals surface area contributed by atoms with Crippen LogP contribution in [0.1, 0.15) is 27.0 Å². The number of hydrogen-bond acceptors (Lipinski definition) is 6. The molecule has 170 valence electrons. The quantitative estimate of drug-likeness (QED) is 0.110. The maximum atomic E-state index is 12.7. The number of nitrogens with zero attached hydrogens (tertiary/aromatic N) is 2. The van der Waals surface area contributed by atoms with Crippen LogP contribution in [0.3, 0.4) is 0 Å². The van der Waals surface area contributed by atoms with Gasteiger partial charge in [0, 0.05) is 16.1 Å². The number of hydrogen-bond donors (Lipinski definition) is 1. The minimum atomic E-state index is -0.842. The fourth-order valence-electron chi connectivity index (χ4n) is 2.97. The number of nitriles is 1. The molecule has 1 amide bonds. The van der Waals surface area contributed by atoms with Gasteiger partial charge in [0.1, 0.15) is 23.1 Å². The zero-order valence-corrected chi connectivity index (χ0v) is 19.8. The van der Waals surface area contributed by atoms with Crippen molar-refractivity contribution < 1.29 is 19.2 Å². The Morgan fingerprint density at radius 1 is 1.06 bits per heavy atom. The van der Waals surface area contributed by atoms with Crippen molar-refractivity contribution in [2.24, 2.45) is 0 Å². The molecule has 0 saturated carbocycles. The molecule has 0 fully saturated rings. The van der Waals surface area contributed by atoms with E-state index in [9.17, 15) is 25.0 Å². The third kappa shape index (κ3) is 5.94. The standard InChI is InChI=1S/C25H18BrN3O5/c1-15-3-6-17(7-4-15)25(31)34-23-10-8-20(26)13-18(23)12-19(14-27)24(30)28-21-9-5-16(2)11-22(21)29(32)33/h3-13H,1-2H3,(H,28,30)/b19-12+. The van der Waals surface area contributed by atoms with Gasteiger partial charge in [-0.2, -0.15) is 5.26 Å². The summed E-state index contributed by atoms with van der Waals surface area (Å²) in [6.45, 7) is 3.58. The topological polar surface area (TPSA) is 122 Å². The summed E-state index contributed by atoms with van der Waals surface area (Å²) in [7, 11) is 0. The molecule has 0 radical (unpaired) electrons. The van der Waals surface area contributed by atoms with Crippen LogP contribution in [0.4, 0.5) is 11.4 Å². The van der Waals surface area contributed by atoms with Crippen molar-refractivity contribution >= 4 is 45.3 Å². The minimum Gasteiger partial charge on any atom is -0.422 e. The van der Waals surface area contributed by atoms with Crippen molar-refractivity contribution in [3.8, 4) is 11.8 Å². The van der Waals surface area contributed by atoms with Gasteiger partial charge >= 0.3 is 5.97 Å². The van der Waals surface area contributed by atoms with Crippen LogP contribution in [0, 0.1) is 35.3 Å². The Balaban J connectivity index is 1.91. The number of nitro groups is 1. The lowest BCUT2D eigenvalue weighted by Gasteiger charge is -2.10. The van der Waals surface area contributed by atoms with E-state index in [-0.39, 0.29) is 22.7 Å². The van der Waals surface area contributed by atoms with Gasteiger partial charge in [0.05, 0.1) is 10.5 Å². The number of rotatable bonds is 6. The molecular formula is C25H18BrN3O5. The monoisotopic (exact) mass is 519 g/mol. The van der Waals surface area contributed by atoms with Crippen molar-refractivity contribution in [2.45, 2.75) is 13.8 Å². The van der Waals surface area contributed by atoms with E-state index in [1.54, 1.807) is 55.5 Å². The lowest BCUT2D eigenvalue weighted by atomic mass is 10.1. The van der Waals surface area contributed by atoms with Crippen LogP contribution in [0.15, 0.2) is 70.7 Å². The van der Waals surface area contributed by atoms with E-state index >= 15 is 0 Å². The number of carbonyl (C=O) groups is 2. The lowest BCUT2D eigenvalue weighted by molar-refractivity contribution is -0.384. The fraction of sp³-hybridized carbons (Fsp3) is 0.0800. The highest BCUT2D eigenvalue weighted by atomic mass is 79.9. The summed E-state index contributed by atoms with van der Waals surface area (Å²) < 4.78 is 6.12. The molecule has 0 atom stereocenters. The lowest BCUT2D eigenvalue weighted by Crippen LogP contribution is -2.15. The second kappa shape index (κ2) is 10.6.